The summed E-state index contributed by atoms with van der Waals surface area (Å²) in [4.78, 5) is 25.1. The van der Waals surface area contributed by atoms with Crippen molar-refractivity contribution < 1.29 is 0 Å². The third-order valence-corrected chi connectivity index (χ3v) is 4.58. The summed E-state index contributed by atoms with van der Waals surface area (Å²) in [5.41, 5.74) is 1.66. The molecule has 22 heavy (non-hydrogen) atoms. The predicted octanol–water partition coefficient (Wildman–Crippen LogP) is 0.968. The number of piperazine rings is 1. The van der Waals surface area contributed by atoms with Gasteiger partial charge >= 0.3 is 0 Å². The molecule has 7 nitrogen and oxygen atoms in total. The van der Waals surface area contributed by atoms with E-state index in [0.717, 1.165) is 43.4 Å². The molecule has 0 saturated carbocycles. The van der Waals surface area contributed by atoms with Crippen molar-refractivity contribution in [3.8, 4) is 0 Å². The summed E-state index contributed by atoms with van der Waals surface area (Å²) in [6.45, 7) is 5.26. The summed E-state index contributed by atoms with van der Waals surface area (Å²) >= 11 is 3.39. The van der Waals surface area contributed by atoms with E-state index in [-0.39, 0.29) is 5.56 Å². The summed E-state index contributed by atoms with van der Waals surface area (Å²) in [6.07, 6.45) is 5.16. The molecule has 2 aromatic heterocycles. The Morgan fingerprint density at radius 2 is 1.73 bits per heavy atom. The van der Waals surface area contributed by atoms with E-state index >= 15 is 0 Å². The molecule has 0 aromatic carbocycles. The Kier molecular flexibility index (Phi) is 4.10. The van der Waals surface area contributed by atoms with E-state index < -0.39 is 0 Å². The van der Waals surface area contributed by atoms with Crippen molar-refractivity contribution in [3.05, 3.63) is 39.1 Å². The van der Waals surface area contributed by atoms with Crippen LogP contribution in [0, 0.1) is 6.92 Å². The van der Waals surface area contributed by atoms with Gasteiger partial charge in [-0.05, 0) is 22.9 Å². The van der Waals surface area contributed by atoms with E-state index in [1.807, 2.05) is 6.92 Å². The van der Waals surface area contributed by atoms with Gasteiger partial charge in [0.05, 0.1) is 17.6 Å². The average molecular weight is 365 g/mol. The first kappa shape index (κ1) is 15.0. The fraction of sp³-hybridized carbons (Fsp3) is 0.429. The van der Waals surface area contributed by atoms with Crippen LogP contribution >= 0.6 is 15.9 Å². The lowest BCUT2D eigenvalue weighted by Crippen LogP contribution is -2.47. The Hall–Kier alpha value is -1.96. The first-order chi connectivity index (χ1) is 10.6. The van der Waals surface area contributed by atoms with Gasteiger partial charge in [0.2, 0.25) is 0 Å². The molecule has 1 aliphatic heterocycles. The summed E-state index contributed by atoms with van der Waals surface area (Å²) < 4.78 is 1.89. The second-order valence-corrected chi connectivity index (χ2v) is 6.01. The lowest BCUT2D eigenvalue weighted by atomic mass is 10.2. The maximum Gasteiger partial charge on any atom is 0.282 e. The molecule has 2 aromatic rings. The fourth-order valence-electron chi connectivity index (χ4n) is 2.59. The second kappa shape index (κ2) is 6.04. The van der Waals surface area contributed by atoms with E-state index in [2.05, 4.69) is 40.8 Å². The Labute approximate surface area is 136 Å². The highest BCUT2D eigenvalue weighted by atomic mass is 79.9. The van der Waals surface area contributed by atoms with E-state index in [9.17, 15) is 4.79 Å². The zero-order valence-electron chi connectivity index (χ0n) is 12.5. The number of halogens is 1. The van der Waals surface area contributed by atoms with Gasteiger partial charge in [-0.2, -0.15) is 5.10 Å². The lowest BCUT2D eigenvalue weighted by molar-refractivity contribution is 0.633. The SMILES string of the molecule is Cc1nccnc1N1CCN(c2cnn(C)c(=O)c2Br)CC1. The smallest absolute Gasteiger partial charge is 0.282 e. The zero-order chi connectivity index (χ0) is 15.7. The number of aryl methyl sites for hydroxylation is 2. The molecule has 1 fully saturated rings. The molecule has 116 valence electrons. The van der Waals surface area contributed by atoms with Gasteiger partial charge in [0.15, 0.2) is 0 Å². The Morgan fingerprint density at radius 3 is 2.41 bits per heavy atom. The van der Waals surface area contributed by atoms with Gasteiger partial charge in [-0.3, -0.25) is 9.78 Å². The Bertz CT molecular complexity index is 738. The van der Waals surface area contributed by atoms with Crippen molar-refractivity contribution in [1.82, 2.24) is 19.7 Å². The quantitative estimate of drug-likeness (QED) is 0.790. The summed E-state index contributed by atoms with van der Waals surface area (Å²) in [5.74, 6) is 0.934. The van der Waals surface area contributed by atoms with Gasteiger partial charge in [-0.15, -0.1) is 0 Å². The molecule has 0 spiro atoms. The molecule has 0 N–H and O–H groups in total. The third kappa shape index (κ3) is 2.70. The molecule has 3 rings (SSSR count). The van der Waals surface area contributed by atoms with Crippen molar-refractivity contribution in [2.24, 2.45) is 7.05 Å². The monoisotopic (exact) mass is 364 g/mol. The largest absolute Gasteiger partial charge is 0.366 e. The second-order valence-electron chi connectivity index (χ2n) is 5.21. The van der Waals surface area contributed by atoms with Crippen LogP contribution in [-0.4, -0.2) is 45.9 Å². The fourth-order valence-corrected chi connectivity index (χ4v) is 3.20. The van der Waals surface area contributed by atoms with E-state index in [1.54, 1.807) is 25.6 Å². The maximum atomic E-state index is 12.0. The van der Waals surface area contributed by atoms with Gasteiger partial charge < -0.3 is 9.80 Å². The van der Waals surface area contributed by atoms with Gasteiger partial charge in [0, 0.05) is 45.6 Å². The lowest BCUT2D eigenvalue weighted by Gasteiger charge is -2.37. The highest BCUT2D eigenvalue weighted by molar-refractivity contribution is 9.10. The van der Waals surface area contributed by atoms with Crippen LogP contribution in [0.5, 0.6) is 0 Å². The van der Waals surface area contributed by atoms with E-state index in [4.69, 9.17) is 0 Å². The van der Waals surface area contributed by atoms with E-state index in [1.165, 1.54) is 4.68 Å². The number of hydrogen-bond acceptors (Lipinski definition) is 6. The molecule has 0 unspecified atom stereocenters. The minimum absolute atomic E-state index is 0.121. The first-order valence-corrected chi connectivity index (χ1v) is 7.86. The molecule has 8 heteroatoms. The summed E-state index contributed by atoms with van der Waals surface area (Å²) in [6, 6.07) is 0. The standard InChI is InChI=1S/C14H17BrN6O/c1-10-13(17-4-3-16-10)21-7-5-20(6-8-21)11-9-18-19(2)14(22)12(11)15/h3-4,9H,5-8H2,1-2H3. The number of anilines is 2. The summed E-state index contributed by atoms with van der Waals surface area (Å²) in [7, 11) is 1.64. The van der Waals surface area contributed by atoms with Crippen molar-refractivity contribution in [3.63, 3.8) is 0 Å². The maximum absolute atomic E-state index is 12.0. The third-order valence-electron chi connectivity index (χ3n) is 3.83. The van der Waals surface area contributed by atoms with Crippen molar-refractivity contribution in [2.45, 2.75) is 6.92 Å². The van der Waals surface area contributed by atoms with Crippen LogP contribution in [-0.2, 0) is 7.05 Å². The first-order valence-electron chi connectivity index (χ1n) is 7.07. The van der Waals surface area contributed by atoms with Crippen LogP contribution in [0.4, 0.5) is 11.5 Å². The number of hydrogen-bond donors (Lipinski definition) is 0. The molecule has 3 heterocycles. The van der Waals surface area contributed by atoms with Crippen LogP contribution in [0.15, 0.2) is 27.9 Å². The average Bonchev–Trinajstić information content (AvgIpc) is 2.54. The minimum Gasteiger partial charge on any atom is -0.366 e. The van der Waals surface area contributed by atoms with Crippen LogP contribution < -0.4 is 15.4 Å². The van der Waals surface area contributed by atoms with Gasteiger partial charge in [-0.25, -0.2) is 9.67 Å². The van der Waals surface area contributed by atoms with Crippen LogP contribution in [0.3, 0.4) is 0 Å². The Balaban J connectivity index is 1.76. The topological polar surface area (TPSA) is 67.2 Å². The molecule has 0 aliphatic carbocycles. The van der Waals surface area contributed by atoms with Gasteiger partial charge in [0.25, 0.3) is 5.56 Å². The number of rotatable bonds is 2. The van der Waals surface area contributed by atoms with Gasteiger partial charge in [-0.1, -0.05) is 0 Å². The highest BCUT2D eigenvalue weighted by Gasteiger charge is 2.22. The van der Waals surface area contributed by atoms with Crippen molar-refractivity contribution in [2.75, 3.05) is 36.0 Å². The molecule has 0 bridgehead atoms. The molecule has 0 radical (unpaired) electrons. The van der Waals surface area contributed by atoms with Gasteiger partial charge in [0.1, 0.15) is 10.3 Å². The summed E-state index contributed by atoms with van der Waals surface area (Å²) in [5, 5.41) is 4.10. The molecule has 0 amide bonds. The Morgan fingerprint density at radius 1 is 1.09 bits per heavy atom. The highest BCUT2D eigenvalue weighted by Crippen LogP contribution is 2.24. The molecule has 1 saturated heterocycles. The normalized spacial score (nSPS) is 15.2. The predicted molar refractivity (Wildman–Crippen MR) is 88.4 cm³/mol. The van der Waals surface area contributed by atoms with Crippen molar-refractivity contribution in [1.29, 1.82) is 0 Å². The number of aromatic nitrogens is 4. The minimum atomic E-state index is -0.121. The van der Waals surface area contributed by atoms with Crippen LogP contribution in [0.25, 0.3) is 0 Å². The molecular formula is C14H17BrN6O. The molecule has 0 atom stereocenters. The molecule has 1 aliphatic rings. The van der Waals surface area contributed by atoms with E-state index in [0.29, 0.717) is 4.47 Å². The zero-order valence-corrected chi connectivity index (χ0v) is 14.1. The molecular weight excluding hydrogens is 348 g/mol. The van der Waals surface area contributed by atoms with Crippen LogP contribution in [0.2, 0.25) is 0 Å². The number of nitrogens with zero attached hydrogens (tertiary/aromatic N) is 6. The van der Waals surface area contributed by atoms with Crippen molar-refractivity contribution >= 4 is 27.4 Å². The van der Waals surface area contributed by atoms with Crippen LogP contribution in [0.1, 0.15) is 5.69 Å².